The molecule has 0 aliphatic carbocycles. The number of rotatable bonds is 6. The first-order valence-electron chi connectivity index (χ1n) is 8.13. The van der Waals surface area contributed by atoms with Gasteiger partial charge in [-0.3, -0.25) is 0 Å². The third kappa shape index (κ3) is 4.53. The molecule has 1 heterocycles. The maximum Gasteiger partial charge on any atom is 0.0666 e. The molecule has 1 aromatic rings. The third-order valence-electron chi connectivity index (χ3n) is 4.75. The van der Waals surface area contributed by atoms with Crippen molar-refractivity contribution in [3.63, 3.8) is 0 Å². The van der Waals surface area contributed by atoms with Gasteiger partial charge in [-0.1, -0.05) is 37.3 Å². The minimum atomic E-state index is 0.0519. The highest BCUT2D eigenvalue weighted by Gasteiger charge is 2.31. The molecule has 1 aliphatic heterocycles. The van der Waals surface area contributed by atoms with Gasteiger partial charge >= 0.3 is 0 Å². The second kappa shape index (κ2) is 7.39. The van der Waals surface area contributed by atoms with Gasteiger partial charge in [0.15, 0.2) is 0 Å². The highest BCUT2D eigenvalue weighted by atomic mass is 16.5. The number of nitrogens with zero attached hydrogens (tertiary/aromatic N) is 1. The van der Waals surface area contributed by atoms with Crippen LogP contribution in [-0.4, -0.2) is 43.8 Å². The van der Waals surface area contributed by atoms with Gasteiger partial charge in [0.25, 0.3) is 0 Å². The first-order valence-corrected chi connectivity index (χ1v) is 8.13. The number of hydrogen-bond acceptors (Lipinski definition) is 3. The molecule has 1 aromatic carbocycles. The predicted molar refractivity (Wildman–Crippen MR) is 88.5 cm³/mol. The molecule has 3 unspecified atom stereocenters. The summed E-state index contributed by atoms with van der Waals surface area (Å²) >= 11 is 0. The number of ether oxygens (including phenoxy) is 1. The van der Waals surface area contributed by atoms with Crippen LogP contribution in [0.15, 0.2) is 30.3 Å². The van der Waals surface area contributed by atoms with E-state index < -0.39 is 0 Å². The number of hydrogen-bond donors (Lipinski definition) is 1. The van der Waals surface area contributed by atoms with Crippen LogP contribution in [0.5, 0.6) is 0 Å². The molecule has 0 radical (unpaired) electrons. The predicted octanol–water partition coefficient (Wildman–Crippen LogP) is 3.23. The molecule has 21 heavy (non-hydrogen) atoms. The average Bonchev–Trinajstić information content (AvgIpc) is 2.48. The van der Waals surface area contributed by atoms with Crippen LogP contribution in [0.3, 0.4) is 0 Å². The summed E-state index contributed by atoms with van der Waals surface area (Å²) in [6.07, 6.45) is 3.31. The second-order valence-corrected chi connectivity index (χ2v) is 6.64. The van der Waals surface area contributed by atoms with Gasteiger partial charge in [0.2, 0.25) is 0 Å². The highest BCUT2D eigenvalue weighted by Crippen LogP contribution is 2.28. The fourth-order valence-electron chi connectivity index (χ4n) is 3.10. The Labute approximate surface area is 129 Å². The summed E-state index contributed by atoms with van der Waals surface area (Å²) in [5.41, 5.74) is 1.43. The molecule has 0 aromatic heterocycles. The van der Waals surface area contributed by atoms with Crippen molar-refractivity contribution in [1.29, 1.82) is 0 Å². The van der Waals surface area contributed by atoms with E-state index in [0.29, 0.717) is 12.1 Å². The standard InChI is InChI=1S/C18H30N2O/c1-5-18(2)13-16(11-12-21-18)19-14-17(20(3)4)15-9-7-6-8-10-15/h6-10,16-17,19H,5,11-14H2,1-4H3. The molecule has 1 N–H and O–H groups in total. The molecule has 2 rings (SSSR count). The zero-order chi connectivity index (χ0) is 15.3. The van der Waals surface area contributed by atoms with Crippen LogP contribution in [-0.2, 0) is 4.74 Å². The van der Waals surface area contributed by atoms with Crippen molar-refractivity contribution in [3.05, 3.63) is 35.9 Å². The van der Waals surface area contributed by atoms with Crippen molar-refractivity contribution in [1.82, 2.24) is 10.2 Å². The van der Waals surface area contributed by atoms with Crippen LogP contribution in [0.4, 0.5) is 0 Å². The minimum Gasteiger partial charge on any atom is -0.375 e. The van der Waals surface area contributed by atoms with E-state index in [0.717, 1.165) is 32.4 Å². The van der Waals surface area contributed by atoms with Gasteiger partial charge in [-0.15, -0.1) is 0 Å². The third-order valence-corrected chi connectivity index (χ3v) is 4.75. The molecular formula is C18H30N2O. The smallest absolute Gasteiger partial charge is 0.0666 e. The van der Waals surface area contributed by atoms with E-state index in [4.69, 9.17) is 4.74 Å². The Kier molecular flexibility index (Phi) is 5.80. The van der Waals surface area contributed by atoms with Crippen LogP contribution < -0.4 is 5.32 Å². The van der Waals surface area contributed by atoms with E-state index in [1.807, 2.05) is 0 Å². The van der Waals surface area contributed by atoms with Crippen molar-refractivity contribution < 1.29 is 4.74 Å². The number of likely N-dealkylation sites (N-methyl/N-ethyl adjacent to an activating group) is 1. The SMILES string of the molecule is CCC1(C)CC(NCC(c2ccccc2)N(C)C)CCO1. The van der Waals surface area contributed by atoms with E-state index in [1.165, 1.54) is 5.56 Å². The Morgan fingerprint density at radius 1 is 1.33 bits per heavy atom. The summed E-state index contributed by atoms with van der Waals surface area (Å²) in [4.78, 5) is 2.29. The summed E-state index contributed by atoms with van der Waals surface area (Å²) < 4.78 is 5.93. The molecule has 0 amide bonds. The lowest BCUT2D eigenvalue weighted by atomic mass is 9.89. The summed E-state index contributed by atoms with van der Waals surface area (Å²) in [5, 5.41) is 3.77. The molecule has 0 saturated carbocycles. The van der Waals surface area contributed by atoms with Gasteiger partial charge in [0, 0.05) is 25.2 Å². The Morgan fingerprint density at radius 2 is 2.05 bits per heavy atom. The maximum absolute atomic E-state index is 5.93. The summed E-state index contributed by atoms with van der Waals surface area (Å²) in [7, 11) is 4.30. The highest BCUT2D eigenvalue weighted by molar-refractivity contribution is 5.19. The monoisotopic (exact) mass is 290 g/mol. The fraction of sp³-hybridized carbons (Fsp3) is 0.667. The number of benzene rings is 1. The summed E-state index contributed by atoms with van der Waals surface area (Å²) in [5.74, 6) is 0. The lowest BCUT2D eigenvalue weighted by Crippen LogP contribution is -2.46. The first kappa shape index (κ1) is 16.5. The topological polar surface area (TPSA) is 24.5 Å². The molecule has 3 heteroatoms. The van der Waals surface area contributed by atoms with E-state index >= 15 is 0 Å². The Balaban J connectivity index is 1.93. The van der Waals surface area contributed by atoms with Crippen molar-refractivity contribution in [2.75, 3.05) is 27.2 Å². The largest absolute Gasteiger partial charge is 0.375 e. The Hall–Kier alpha value is -0.900. The van der Waals surface area contributed by atoms with Crippen LogP contribution >= 0.6 is 0 Å². The molecule has 1 saturated heterocycles. The maximum atomic E-state index is 5.93. The lowest BCUT2D eigenvalue weighted by Gasteiger charge is -2.39. The normalized spacial score (nSPS) is 27.8. The van der Waals surface area contributed by atoms with Gasteiger partial charge in [0.05, 0.1) is 5.60 Å². The molecule has 0 bridgehead atoms. The molecule has 1 fully saturated rings. The van der Waals surface area contributed by atoms with E-state index in [2.05, 4.69) is 68.5 Å². The molecule has 118 valence electrons. The number of nitrogens with one attached hydrogen (secondary N) is 1. The Bertz CT molecular complexity index is 420. The van der Waals surface area contributed by atoms with Crippen molar-refractivity contribution in [3.8, 4) is 0 Å². The van der Waals surface area contributed by atoms with Gasteiger partial charge in [-0.05, 0) is 45.8 Å². The van der Waals surface area contributed by atoms with Crippen molar-refractivity contribution in [2.24, 2.45) is 0 Å². The zero-order valence-corrected chi connectivity index (χ0v) is 13.9. The van der Waals surface area contributed by atoms with E-state index in [-0.39, 0.29) is 5.60 Å². The Morgan fingerprint density at radius 3 is 2.67 bits per heavy atom. The van der Waals surface area contributed by atoms with Gasteiger partial charge in [-0.25, -0.2) is 0 Å². The van der Waals surface area contributed by atoms with E-state index in [9.17, 15) is 0 Å². The minimum absolute atomic E-state index is 0.0519. The summed E-state index contributed by atoms with van der Waals surface area (Å²) in [6.45, 7) is 6.32. The second-order valence-electron chi connectivity index (χ2n) is 6.64. The van der Waals surface area contributed by atoms with Gasteiger partial charge in [0.1, 0.15) is 0 Å². The molecule has 0 spiro atoms. The average molecular weight is 290 g/mol. The fourth-order valence-corrected chi connectivity index (χ4v) is 3.10. The van der Waals surface area contributed by atoms with Crippen molar-refractivity contribution in [2.45, 2.75) is 50.8 Å². The molecule has 1 aliphatic rings. The van der Waals surface area contributed by atoms with Crippen LogP contribution in [0.2, 0.25) is 0 Å². The van der Waals surface area contributed by atoms with Crippen molar-refractivity contribution >= 4 is 0 Å². The summed E-state index contributed by atoms with van der Waals surface area (Å²) in [6, 6.07) is 11.7. The van der Waals surface area contributed by atoms with Gasteiger partial charge < -0.3 is 15.0 Å². The zero-order valence-electron chi connectivity index (χ0n) is 13.9. The first-order chi connectivity index (χ1) is 10.0. The molecule has 3 atom stereocenters. The molecular weight excluding hydrogens is 260 g/mol. The van der Waals surface area contributed by atoms with Crippen LogP contribution in [0.1, 0.15) is 44.7 Å². The lowest BCUT2D eigenvalue weighted by molar-refractivity contribution is -0.0783. The quantitative estimate of drug-likeness (QED) is 0.870. The van der Waals surface area contributed by atoms with E-state index in [1.54, 1.807) is 0 Å². The van der Waals surface area contributed by atoms with Crippen LogP contribution in [0.25, 0.3) is 0 Å². The van der Waals surface area contributed by atoms with Gasteiger partial charge in [-0.2, -0.15) is 0 Å². The molecule has 3 nitrogen and oxygen atoms in total. The van der Waals surface area contributed by atoms with Crippen LogP contribution in [0, 0.1) is 0 Å².